The number of benzene rings is 2. The molecule has 0 radical (unpaired) electrons. The molecule has 1 N–H and O–H groups in total. The number of halogens is 1. The quantitative estimate of drug-likeness (QED) is 0.568. The zero-order valence-electron chi connectivity index (χ0n) is 16.9. The average molecular weight is 443 g/mol. The molecule has 2 fully saturated rings. The summed E-state index contributed by atoms with van der Waals surface area (Å²) >= 11 is 1.69. The van der Waals surface area contributed by atoms with Crippen LogP contribution in [0.2, 0.25) is 0 Å². The fraction of sp³-hybridized carbons (Fsp3) is 0.348. The van der Waals surface area contributed by atoms with Gasteiger partial charge >= 0.3 is 0 Å². The van der Waals surface area contributed by atoms with E-state index >= 15 is 0 Å². The number of rotatable bonds is 5. The van der Waals surface area contributed by atoms with E-state index in [9.17, 15) is 14.3 Å². The Kier molecular flexibility index (Phi) is 5.60. The third-order valence-corrected chi connectivity index (χ3v) is 6.79. The molecule has 2 aromatic rings. The first kappa shape index (κ1) is 20.4. The first-order chi connectivity index (χ1) is 15.1. The Bertz CT molecular complexity index is 1010. The third kappa shape index (κ3) is 4.15. The number of nitrogens with zero attached hydrogens (tertiary/aromatic N) is 2. The second kappa shape index (κ2) is 8.53. The second-order valence-electron chi connectivity index (χ2n) is 7.88. The summed E-state index contributed by atoms with van der Waals surface area (Å²) in [5.41, 5.74) is 3.31. The molecule has 162 valence electrons. The van der Waals surface area contributed by atoms with Crippen LogP contribution in [0.4, 0.5) is 4.39 Å². The summed E-state index contributed by atoms with van der Waals surface area (Å²) in [7, 11) is 0. The molecule has 3 heterocycles. The van der Waals surface area contributed by atoms with Gasteiger partial charge in [0.2, 0.25) is 5.91 Å². The van der Waals surface area contributed by atoms with Gasteiger partial charge < -0.3 is 19.5 Å². The van der Waals surface area contributed by atoms with E-state index in [-0.39, 0.29) is 18.3 Å². The van der Waals surface area contributed by atoms with Crippen molar-refractivity contribution in [2.45, 2.75) is 10.8 Å². The van der Waals surface area contributed by atoms with Gasteiger partial charge in [-0.25, -0.2) is 8.70 Å². The van der Waals surface area contributed by atoms with Gasteiger partial charge in [0, 0.05) is 31.1 Å². The number of fused-ring (bicyclic) bond motifs is 1. The van der Waals surface area contributed by atoms with Crippen molar-refractivity contribution >= 4 is 17.9 Å². The van der Waals surface area contributed by atoms with Gasteiger partial charge in [-0.2, -0.15) is 0 Å². The van der Waals surface area contributed by atoms with Crippen molar-refractivity contribution in [2.24, 2.45) is 0 Å². The second-order valence-corrected chi connectivity index (χ2v) is 9.05. The first-order valence-electron chi connectivity index (χ1n) is 10.3. The highest BCUT2D eigenvalue weighted by atomic mass is 32.2. The molecule has 3 aliphatic rings. The van der Waals surface area contributed by atoms with E-state index in [2.05, 4.69) is 4.31 Å². The highest BCUT2D eigenvalue weighted by Crippen LogP contribution is 2.38. The lowest BCUT2D eigenvalue weighted by Gasteiger charge is -2.42. The van der Waals surface area contributed by atoms with E-state index in [1.807, 2.05) is 18.2 Å². The van der Waals surface area contributed by atoms with E-state index in [1.165, 1.54) is 23.3 Å². The molecule has 1 atom stereocenters. The lowest BCUT2D eigenvalue weighted by molar-refractivity contribution is -0.135. The maximum absolute atomic E-state index is 13.1. The van der Waals surface area contributed by atoms with Gasteiger partial charge in [0.25, 0.3) is 0 Å². The molecule has 8 heteroatoms. The van der Waals surface area contributed by atoms with Crippen molar-refractivity contribution in [3.05, 3.63) is 65.0 Å². The Morgan fingerprint density at radius 3 is 2.39 bits per heavy atom. The summed E-state index contributed by atoms with van der Waals surface area (Å²) in [4.78, 5) is 15.6. The van der Waals surface area contributed by atoms with Crippen LogP contribution >= 0.6 is 11.9 Å². The fourth-order valence-corrected chi connectivity index (χ4v) is 4.96. The summed E-state index contributed by atoms with van der Waals surface area (Å²) in [5.74, 6) is 0.481. The lowest BCUT2D eigenvalue weighted by atomic mass is 9.92. The zero-order valence-corrected chi connectivity index (χ0v) is 17.7. The van der Waals surface area contributed by atoms with Gasteiger partial charge in [-0.1, -0.05) is 12.1 Å². The van der Waals surface area contributed by atoms with E-state index in [0.29, 0.717) is 31.9 Å². The SMILES string of the molecule is O=C(C(CO)c1ccc(F)cc1)N1CC(=C2CN(Sc3ccc4c(c3)OCCO4)C2)C1. The molecule has 3 aliphatic heterocycles. The molecule has 0 bridgehead atoms. The van der Waals surface area contributed by atoms with E-state index in [4.69, 9.17) is 9.47 Å². The minimum atomic E-state index is -0.643. The van der Waals surface area contributed by atoms with Crippen LogP contribution in [0.3, 0.4) is 0 Å². The van der Waals surface area contributed by atoms with Crippen molar-refractivity contribution in [3.8, 4) is 11.5 Å². The number of likely N-dealkylation sites (tertiary alicyclic amines) is 1. The topological polar surface area (TPSA) is 62.2 Å². The van der Waals surface area contributed by atoms with Crippen molar-refractivity contribution in [2.75, 3.05) is 46.0 Å². The molecule has 1 amide bonds. The molecule has 0 aromatic heterocycles. The van der Waals surface area contributed by atoms with Crippen LogP contribution in [0.15, 0.2) is 58.5 Å². The molecular formula is C23H23FN2O4S. The van der Waals surface area contributed by atoms with E-state index in [0.717, 1.165) is 29.5 Å². The summed E-state index contributed by atoms with van der Waals surface area (Å²) in [6.45, 7) is 3.84. The number of aliphatic hydroxyl groups excluding tert-OH is 1. The van der Waals surface area contributed by atoms with Crippen LogP contribution in [-0.2, 0) is 4.79 Å². The van der Waals surface area contributed by atoms with Gasteiger partial charge in [0.05, 0.1) is 12.5 Å². The van der Waals surface area contributed by atoms with Gasteiger partial charge in [-0.05, 0) is 59.0 Å². The van der Waals surface area contributed by atoms with Gasteiger partial charge in [-0.15, -0.1) is 0 Å². The molecule has 5 rings (SSSR count). The highest BCUT2D eigenvalue weighted by molar-refractivity contribution is 7.97. The van der Waals surface area contributed by atoms with E-state index < -0.39 is 5.92 Å². The number of ether oxygens (including phenoxy) is 2. The molecule has 0 saturated carbocycles. The van der Waals surface area contributed by atoms with Crippen LogP contribution < -0.4 is 9.47 Å². The summed E-state index contributed by atoms with van der Waals surface area (Å²) < 4.78 is 26.6. The monoisotopic (exact) mass is 442 g/mol. The van der Waals surface area contributed by atoms with Crippen molar-refractivity contribution in [1.82, 2.24) is 9.21 Å². The van der Waals surface area contributed by atoms with Crippen LogP contribution in [-0.4, -0.2) is 66.2 Å². The standard InChI is InChI=1S/C23H23FN2O4S/c24-18-3-1-15(2-4-18)20(14-27)23(28)25-10-16(11-25)17-12-26(13-17)31-19-5-6-21-22(9-19)30-8-7-29-21/h1-6,9,20,27H,7-8,10-14H2. The van der Waals surface area contributed by atoms with Gasteiger partial charge in [0.15, 0.2) is 11.5 Å². The molecule has 2 aromatic carbocycles. The maximum atomic E-state index is 13.1. The minimum Gasteiger partial charge on any atom is -0.486 e. The lowest BCUT2D eigenvalue weighted by Crippen LogP contribution is -2.50. The molecule has 1 unspecified atom stereocenters. The molecule has 31 heavy (non-hydrogen) atoms. The number of amides is 1. The minimum absolute atomic E-state index is 0.111. The zero-order chi connectivity index (χ0) is 21.4. The molecular weight excluding hydrogens is 419 g/mol. The van der Waals surface area contributed by atoms with Crippen LogP contribution in [0.25, 0.3) is 0 Å². The predicted molar refractivity (Wildman–Crippen MR) is 115 cm³/mol. The van der Waals surface area contributed by atoms with Gasteiger partial charge in [-0.3, -0.25) is 4.79 Å². The highest BCUT2D eigenvalue weighted by Gasteiger charge is 2.35. The number of aliphatic hydroxyl groups is 1. The number of carbonyl (C=O) groups is 1. The largest absolute Gasteiger partial charge is 0.486 e. The molecule has 0 aliphatic carbocycles. The maximum Gasteiger partial charge on any atom is 0.233 e. The van der Waals surface area contributed by atoms with Crippen LogP contribution in [0.5, 0.6) is 11.5 Å². The summed E-state index contributed by atoms with van der Waals surface area (Å²) in [5, 5.41) is 9.69. The van der Waals surface area contributed by atoms with Gasteiger partial charge in [0.1, 0.15) is 19.0 Å². The Morgan fingerprint density at radius 1 is 1.00 bits per heavy atom. The number of hydrogen-bond acceptors (Lipinski definition) is 6. The fourth-order valence-electron chi connectivity index (χ4n) is 3.93. The molecule has 2 saturated heterocycles. The third-order valence-electron chi connectivity index (χ3n) is 5.81. The van der Waals surface area contributed by atoms with E-state index in [1.54, 1.807) is 29.0 Å². The van der Waals surface area contributed by atoms with Crippen LogP contribution in [0, 0.1) is 5.82 Å². The number of hydrogen-bond donors (Lipinski definition) is 1. The van der Waals surface area contributed by atoms with Crippen LogP contribution in [0.1, 0.15) is 11.5 Å². The molecule has 0 spiro atoms. The Hall–Kier alpha value is -2.55. The van der Waals surface area contributed by atoms with Crippen molar-refractivity contribution in [1.29, 1.82) is 0 Å². The predicted octanol–water partition coefficient (Wildman–Crippen LogP) is 2.83. The average Bonchev–Trinajstić information content (AvgIpc) is 2.72. The normalized spacial score (nSPS) is 19.0. The Balaban J connectivity index is 1.14. The Morgan fingerprint density at radius 2 is 1.68 bits per heavy atom. The molecule has 6 nitrogen and oxygen atoms in total. The summed E-state index contributed by atoms with van der Waals surface area (Å²) in [6, 6.07) is 11.8. The first-order valence-corrected chi connectivity index (χ1v) is 11.1. The van der Waals surface area contributed by atoms with Crippen molar-refractivity contribution in [3.63, 3.8) is 0 Å². The van der Waals surface area contributed by atoms with Crippen molar-refractivity contribution < 1.29 is 23.8 Å². The number of carbonyl (C=O) groups excluding carboxylic acids is 1. The summed E-state index contributed by atoms with van der Waals surface area (Å²) in [6.07, 6.45) is 0. The smallest absolute Gasteiger partial charge is 0.233 e. The Labute approximate surface area is 184 Å².